The molecule has 11 heavy (non-hydrogen) atoms. The maximum absolute atomic E-state index is 10.8. The van der Waals surface area contributed by atoms with Crippen molar-refractivity contribution in [1.29, 1.82) is 0 Å². The highest BCUT2D eigenvalue weighted by Crippen LogP contribution is 2.17. The van der Waals surface area contributed by atoms with Crippen molar-refractivity contribution in [3.8, 4) is 0 Å². The van der Waals surface area contributed by atoms with E-state index in [9.17, 15) is 4.79 Å². The molecule has 3 heteroatoms. The topological polar surface area (TPSA) is 52.3 Å². The molecule has 0 saturated heterocycles. The normalized spacial score (nSPS) is 16.2. The smallest absolute Gasteiger partial charge is 0.307 e. The lowest BCUT2D eigenvalue weighted by Gasteiger charge is -2.27. The monoisotopic (exact) mass is 159 g/mol. The van der Waals surface area contributed by atoms with Gasteiger partial charge in [-0.1, -0.05) is 13.8 Å². The van der Waals surface area contributed by atoms with Crippen LogP contribution in [0.5, 0.6) is 0 Å². The fourth-order valence-electron chi connectivity index (χ4n) is 0.587. The van der Waals surface area contributed by atoms with Gasteiger partial charge in [0.2, 0.25) is 0 Å². The number of carbonyl (C=O) groups excluding carboxylic acids is 1. The zero-order chi connectivity index (χ0) is 9.07. The first-order chi connectivity index (χ1) is 4.90. The molecule has 1 atom stereocenters. The average molecular weight is 159 g/mol. The third kappa shape index (κ3) is 3.37. The van der Waals surface area contributed by atoms with E-state index < -0.39 is 5.54 Å². The molecule has 0 rings (SSSR count). The summed E-state index contributed by atoms with van der Waals surface area (Å²) in [6.07, 6.45) is 0.279. The van der Waals surface area contributed by atoms with Crippen LogP contribution in [0.3, 0.4) is 0 Å². The van der Waals surface area contributed by atoms with Crippen LogP contribution < -0.4 is 5.73 Å². The van der Waals surface area contributed by atoms with Crippen molar-refractivity contribution in [2.75, 3.05) is 7.11 Å². The van der Waals surface area contributed by atoms with E-state index in [1.54, 1.807) is 0 Å². The van der Waals surface area contributed by atoms with Gasteiger partial charge in [-0.2, -0.15) is 0 Å². The first kappa shape index (κ1) is 10.4. The second-order valence-corrected chi connectivity index (χ2v) is 3.41. The van der Waals surface area contributed by atoms with Gasteiger partial charge in [-0.25, -0.2) is 0 Å². The van der Waals surface area contributed by atoms with E-state index in [-0.39, 0.29) is 18.3 Å². The summed E-state index contributed by atoms with van der Waals surface area (Å²) in [5, 5.41) is 0. The summed E-state index contributed by atoms with van der Waals surface area (Å²) < 4.78 is 4.52. The molecule has 66 valence electrons. The molecule has 0 aromatic carbocycles. The molecular formula is C8H17NO2. The number of carbonyl (C=O) groups is 1. The fourth-order valence-corrected chi connectivity index (χ4v) is 0.587. The van der Waals surface area contributed by atoms with Crippen LogP contribution in [0.2, 0.25) is 0 Å². The van der Waals surface area contributed by atoms with Gasteiger partial charge in [-0.15, -0.1) is 0 Å². The highest BCUT2D eigenvalue weighted by atomic mass is 16.5. The Morgan fingerprint density at radius 1 is 1.64 bits per heavy atom. The van der Waals surface area contributed by atoms with Gasteiger partial charge < -0.3 is 10.5 Å². The van der Waals surface area contributed by atoms with E-state index in [4.69, 9.17) is 5.73 Å². The van der Waals surface area contributed by atoms with Crippen molar-refractivity contribution in [3.63, 3.8) is 0 Å². The van der Waals surface area contributed by atoms with Crippen molar-refractivity contribution in [2.24, 2.45) is 11.7 Å². The van der Waals surface area contributed by atoms with Gasteiger partial charge in [0.15, 0.2) is 0 Å². The largest absolute Gasteiger partial charge is 0.469 e. The van der Waals surface area contributed by atoms with E-state index in [1.807, 2.05) is 20.8 Å². The fraction of sp³-hybridized carbons (Fsp3) is 0.875. The number of hydrogen-bond donors (Lipinski definition) is 1. The molecule has 0 unspecified atom stereocenters. The summed E-state index contributed by atoms with van der Waals surface area (Å²) in [5.74, 6) is 0.0327. The zero-order valence-electron chi connectivity index (χ0n) is 7.68. The van der Waals surface area contributed by atoms with Gasteiger partial charge in [-0.3, -0.25) is 4.79 Å². The first-order valence-corrected chi connectivity index (χ1v) is 3.76. The van der Waals surface area contributed by atoms with E-state index in [0.717, 1.165) is 0 Å². The molecule has 0 aliphatic heterocycles. The lowest BCUT2D eigenvalue weighted by molar-refractivity contribution is -0.142. The van der Waals surface area contributed by atoms with Crippen molar-refractivity contribution >= 4 is 5.97 Å². The summed E-state index contributed by atoms with van der Waals surface area (Å²) in [7, 11) is 1.37. The van der Waals surface area contributed by atoms with Gasteiger partial charge in [0.25, 0.3) is 0 Å². The Kier molecular flexibility index (Phi) is 3.52. The average Bonchev–Trinajstić information content (AvgIpc) is 1.86. The predicted octanol–water partition coefficient (Wildman–Crippen LogP) is 0.923. The third-order valence-corrected chi connectivity index (χ3v) is 2.07. The molecule has 0 radical (unpaired) electrons. The van der Waals surface area contributed by atoms with Gasteiger partial charge in [0.05, 0.1) is 13.5 Å². The standard InChI is InChI=1S/C8H17NO2/c1-6(2)8(3,9)5-7(10)11-4/h6H,5,9H2,1-4H3/t8-/m0/s1. The van der Waals surface area contributed by atoms with Crippen LogP contribution in [0.15, 0.2) is 0 Å². The SMILES string of the molecule is COC(=O)C[C@](C)(N)C(C)C. The quantitative estimate of drug-likeness (QED) is 0.623. The number of ether oxygens (including phenoxy) is 1. The van der Waals surface area contributed by atoms with Crippen molar-refractivity contribution in [3.05, 3.63) is 0 Å². The van der Waals surface area contributed by atoms with Crippen LogP contribution in [-0.4, -0.2) is 18.6 Å². The van der Waals surface area contributed by atoms with E-state index >= 15 is 0 Å². The summed E-state index contributed by atoms with van der Waals surface area (Å²) in [5.41, 5.74) is 5.38. The number of hydrogen-bond acceptors (Lipinski definition) is 3. The highest BCUT2D eigenvalue weighted by molar-refractivity contribution is 5.70. The number of nitrogens with two attached hydrogens (primary N) is 1. The summed E-state index contributed by atoms with van der Waals surface area (Å²) >= 11 is 0. The maximum atomic E-state index is 10.8. The molecular weight excluding hydrogens is 142 g/mol. The maximum Gasteiger partial charge on any atom is 0.307 e. The Morgan fingerprint density at radius 3 is 2.36 bits per heavy atom. The molecule has 0 amide bonds. The van der Waals surface area contributed by atoms with Crippen molar-refractivity contribution < 1.29 is 9.53 Å². The molecule has 0 aromatic heterocycles. The number of esters is 1. The van der Waals surface area contributed by atoms with Gasteiger partial charge in [0, 0.05) is 5.54 Å². The van der Waals surface area contributed by atoms with E-state index in [0.29, 0.717) is 0 Å². The lowest BCUT2D eigenvalue weighted by Crippen LogP contribution is -2.43. The molecule has 0 aliphatic rings. The Balaban J connectivity index is 4.01. The van der Waals surface area contributed by atoms with Crippen molar-refractivity contribution in [1.82, 2.24) is 0 Å². The molecule has 0 saturated carbocycles. The third-order valence-electron chi connectivity index (χ3n) is 2.07. The summed E-state index contributed by atoms with van der Waals surface area (Å²) in [4.78, 5) is 10.8. The zero-order valence-corrected chi connectivity index (χ0v) is 7.68. The second kappa shape index (κ2) is 3.72. The first-order valence-electron chi connectivity index (χ1n) is 3.76. The van der Waals surface area contributed by atoms with Crippen LogP contribution in [0.1, 0.15) is 27.2 Å². The Morgan fingerprint density at radius 2 is 2.09 bits per heavy atom. The molecule has 0 bridgehead atoms. The second-order valence-electron chi connectivity index (χ2n) is 3.41. The Bertz CT molecular complexity index is 141. The van der Waals surface area contributed by atoms with Crippen LogP contribution in [0.4, 0.5) is 0 Å². The van der Waals surface area contributed by atoms with Crippen molar-refractivity contribution in [2.45, 2.75) is 32.7 Å². The minimum atomic E-state index is -0.451. The molecule has 0 heterocycles. The summed E-state index contributed by atoms with van der Waals surface area (Å²) in [6, 6.07) is 0. The molecule has 0 fully saturated rings. The highest BCUT2D eigenvalue weighted by Gasteiger charge is 2.26. The van der Waals surface area contributed by atoms with Gasteiger partial charge >= 0.3 is 5.97 Å². The van der Waals surface area contributed by atoms with Crippen LogP contribution in [-0.2, 0) is 9.53 Å². The van der Waals surface area contributed by atoms with Crippen LogP contribution in [0, 0.1) is 5.92 Å². The number of methoxy groups -OCH3 is 1. The molecule has 0 aliphatic carbocycles. The lowest BCUT2D eigenvalue weighted by atomic mass is 9.86. The predicted molar refractivity (Wildman–Crippen MR) is 44.1 cm³/mol. The number of rotatable bonds is 3. The van der Waals surface area contributed by atoms with E-state index in [1.165, 1.54) is 7.11 Å². The van der Waals surface area contributed by atoms with Crippen LogP contribution in [0.25, 0.3) is 0 Å². The molecule has 3 nitrogen and oxygen atoms in total. The van der Waals surface area contributed by atoms with E-state index in [2.05, 4.69) is 4.74 Å². The van der Waals surface area contributed by atoms with Crippen LogP contribution >= 0.6 is 0 Å². The minimum Gasteiger partial charge on any atom is -0.469 e. The molecule has 0 aromatic rings. The molecule has 2 N–H and O–H groups in total. The van der Waals surface area contributed by atoms with Gasteiger partial charge in [-0.05, 0) is 12.8 Å². The van der Waals surface area contributed by atoms with Gasteiger partial charge in [0.1, 0.15) is 0 Å². The Hall–Kier alpha value is -0.570. The Labute approximate surface area is 67.9 Å². The summed E-state index contributed by atoms with van der Waals surface area (Å²) in [6.45, 7) is 5.83. The molecule has 0 spiro atoms. The minimum absolute atomic E-state index is 0.247.